The van der Waals surface area contributed by atoms with Crippen molar-refractivity contribution in [2.45, 2.75) is 32.7 Å². The zero-order valence-electron chi connectivity index (χ0n) is 9.88. The van der Waals surface area contributed by atoms with Gasteiger partial charge < -0.3 is 4.52 Å². The Morgan fingerprint density at radius 2 is 2.06 bits per heavy atom. The first-order valence-electron chi connectivity index (χ1n) is 5.56. The molecule has 0 aliphatic carbocycles. The molecule has 0 unspecified atom stereocenters. The van der Waals surface area contributed by atoms with Crippen molar-refractivity contribution in [2.24, 2.45) is 0 Å². The van der Waals surface area contributed by atoms with Crippen LogP contribution in [0, 0.1) is 6.92 Å². The molecule has 1 aromatic heterocycles. The van der Waals surface area contributed by atoms with Gasteiger partial charge in [0.15, 0.2) is 5.82 Å². The van der Waals surface area contributed by atoms with Crippen molar-refractivity contribution < 1.29 is 12.9 Å². The lowest BCUT2D eigenvalue weighted by Gasteiger charge is -2.18. The molecule has 96 valence electrons. The first kappa shape index (κ1) is 12.5. The predicted octanol–water partition coefficient (Wildman–Crippen LogP) is 0.369. The Kier molecular flexibility index (Phi) is 3.45. The second kappa shape index (κ2) is 4.71. The molecule has 0 radical (unpaired) electrons. The van der Waals surface area contributed by atoms with Gasteiger partial charge in [-0.1, -0.05) is 5.16 Å². The average molecular weight is 260 g/mol. The highest BCUT2D eigenvalue weighted by molar-refractivity contribution is 7.87. The van der Waals surface area contributed by atoms with Gasteiger partial charge in [-0.05, 0) is 26.7 Å². The van der Waals surface area contributed by atoms with Gasteiger partial charge in [0.1, 0.15) is 0 Å². The van der Waals surface area contributed by atoms with Crippen LogP contribution in [0.15, 0.2) is 4.52 Å². The summed E-state index contributed by atoms with van der Waals surface area (Å²) in [4.78, 5) is 4.00. The van der Waals surface area contributed by atoms with E-state index in [2.05, 4.69) is 14.9 Å². The summed E-state index contributed by atoms with van der Waals surface area (Å²) in [5.41, 5.74) is 0. The maximum atomic E-state index is 11.9. The van der Waals surface area contributed by atoms with Crippen LogP contribution in [-0.2, 0) is 10.2 Å². The van der Waals surface area contributed by atoms with Crippen LogP contribution < -0.4 is 4.72 Å². The predicted molar refractivity (Wildman–Crippen MR) is 60.3 cm³/mol. The van der Waals surface area contributed by atoms with Gasteiger partial charge in [0.25, 0.3) is 10.2 Å². The molecule has 0 saturated carbocycles. The van der Waals surface area contributed by atoms with Crippen LogP contribution in [-0.4, -0.2) is 36.0 Å². The van der Waals surface area contributed by atoms with Crippen molar-refractivity contribution in [3.8, 4) is 0 Å². The normalized spacial score (nSPS) is 19.6. The minimum atomic E-state index is -3.44. The Morgan fingerprint density at radius 1 is 1.41 bits per heavy atom. The molecule has 2 rings (SSSR count). The van der Waals surface area contributed by atoms with Crippen LogP contribution in [0.2, 0.25) is 0 Å². The SMILES string of the molecule is Cc1noc([C@@H](C)NS(=O)(=O)N2CCCC2)n1. The minimum Gasteiger partial charge on any atom is -0.338 e. The summed E-state index contributed by atoms with van der Waals surface area (Å²) in [5.74, 6) is 0.775. The van der Waals surface area contributed by atoms with Crippen LogP contribution in [0.4, 0.5) is 0 Å². The first-order chi connectivity index (χ1) is 7.99. The molecule has 1 fully saturated rings. The van der Waals surface area contributed by atoms with Gasteiger partial charge in [-0.15, -0.1) is 0 Å². The van der Waals surface area contributed by atoms with E-state index in [1.807, 2.05) is 0 Å². The number of rotatable bonds is 4. The third-order valence-corrected chi connectivity index (χ3v) is 4.34. The van der Waals surface area contributed by atoms with E-state index in [9.17, 15) is 8.42 Å². The number of aromatic nitrogens is 2. The summed E-state index contributed by atoms with van der Waals surface area (Å²) in [6, 6.07) is -0.512. The summed E-state index contributed by atoms with van der Waals surface area (Å²) in [7, 11) is -3.44. The van der Waals surface area contributed by atoms with Crippen molar-refractivity contribution in [1.29, 1.82) is 0 Å². The highest BCUT2D eigenvalue weighted by Crippen LogP contribution is 2.16. The van der Waals surface area contributed by atoms with Crippen molar-refractivity contribution in [1.82, 2.24) is 19.2 Å². The fraction of sp³-hybridized carbons (Fsp3) is 0.778. The molecule has 1 aliphatic rings. The molecule has 0 amide bonds. The molecule has 2 heterocycles. The van der Waals surface area contributed by atoms with E-state index < -0.39 is 16.3 Å². The van der Waals surface area contributed by atoms with E-state index in [-0.39, 0.29) is 5.89 Å². The van der Waals surface area contributed by atoms with Crippen molar-refractivity contribution in [3.05, 3.63) is 11.7 Å². The molecule has 1 atom stereocenters. The van der Waals surface area contributed by atoms with Crippen LogP contribution in [0.3, 0.4) is 0 Å². The lowest BCUT2D eigenvalue weighted by atomic mass is 10.4. The van der Waals surface area contributed by atoms with Gasteiger partial charge in [-0.25, -0.2) is 0 Å². The summed E-state index contributed by atoms with van der Waals surface area (Å²) in [5, 5.41) is 3.63. The van der Waals surface area contributed by atoms with Gasteiger partial charge in [0.2, 0.25) is 5.89 Å². The number of aryl methyl sites for hydroxylation is 1. The second-order valence-corrected chi connectivity index (χ2v) is 5.83. The van der Waals surface area contributed by atoms with Gasteiger partial charge in [0.05, 0.1) is 6.04 Å². The molecule has 0 aromatic carbocycles. The smallest absolute Gasteiger partial charge is 0.280 e. The lowest BCUT2D eigenvalue weighted by molar-refractivity contribution is 0.347. The number of hydrogen-bond acceptors (Lipinski definition) is 5. The average Bonchev–Trinajstić information content (AvgIpc) is 2.86. The van der Waals surface area contributed by atoms with Gasteiger partial charge in [-0.3, -0.25) is 0 Å². The highest BCUT2D eigenvalue weighted by Gasteiger charge is 2.28. The zero-order chi connectivity index (χ0) is 12.5. The van der Waals surface area contributed by atoms with E-state index in [1.54, 1.807) is 13.8 Å². The van der Waals surface area contributed by atoms with Crippen LogP contribution >= 0.6 is 0 Å². The Balaban J connectivity index is 2.05. The van der Waals surface area contributed by atoms with Gasteiger partial charge >= 0.3 is 0 Å². The quantitative estimate of drug-likeness (QED) is 0.845. The standard InChI is InChI=1S/C9H16N4O3S/c1-7(9-10-8(2)11-16-9)12-17(14,15)13-5-3-4-6-13/h7,12H,3-6H2,1-2H3/t7-/m1/s1. The lowest BCUT2D eigenvalue weighted by Crippen LogP contribution is -2.40. The Labute approximate surface area is 100 Å². The summed E-state index contributed by atoms with van der Waals surface area (Å²) in [6.07, 6.45) is 1.82. The molecule has 0 bridgehead atoms. The maximum absolute atomic E-state index is 11.9. The van der Waals surface area contributed by atoms with Gasteiger partial charge in [0, 0.05) is 13.1 Å². The Bertz CT molecular complexity index is 478. The van der Waals surface area contributed by atoms with Crippen LogP contribution in [0.25, 0.3) is 0 Å². The molecule has 17 heavy (non-hydrogen) atoms. The van der Waals surface area contributed by atoms with E-state index >= 15 is 0 Å². The molecule has 1 saturated heterocycles. The zero-order valence-corrected chi connectivity index (χ0v) is 10.7. The monoisotopic (exact) mass is 260 g/mol. The Morgan fingerprint density at radius 3 is 2.59 bits per heavy atom. The van der Waals surface area contributed by atoms with Crippen LogP contribution in [0.1, 0.15) is 37.5 Å². The van der Waals surface area contributed by atoms with E-state index in [1.165, 1.54) is 4.31 Å². The summed E-state index contributed by atoms with van der Waals surface area (Å²) < 4.78 is 32.8. The summed E-state index contributed by atoms with van der Waals surface area (Å²) in [6.45, 7) is 4.52. The molecule has 1 N–H and O–H groups in total. The third kappa shape index (κ3) is 2.82. The minimum absolute atomic E-state index is 0.283. The summed E-state index contributed by atoms with van der Waals surface area (Å²) >= 11 is 0. The van der Waals surface area contributed by atoms with Gasteiger partial charge in [-0.2, -0.15) is 22.4 Å². The van der Waals surface area contributed by atoms with E-state index in [0.717, 1.165) is 12.8 Å². The molecular formula is C9H16N4O3S. The van der Waals surface area contributed by atoms with Crippen molar-refractivity contribution in [3.63, 3.8) is 0 Å². The number of nitrogens with zero attached hydrogens (tertiary/aromatic N) is 3. The highest BCUT2D eigenvalue weighted by atomic mass is 32.2. The number of nitrogens with one attached hydrogen (secondary N) is 1. The first-order valence-corrected chi connectivity index (χ1v) is 7.00. The molecule has 1 aromatic rings. The fourth-order valence-electron chi connectivity index (χ4n) is 1.77. The van der Waals surface area contributed by atoms with E-state index in [0.29, 0.717) is 18.9 Å². The van der Waals surface area contributed by atoms with Crippen LogP contribution in [0.5, 0.6) is 0 Å². The molecule has 1 aliphatic heterocycles. The van der Waals surface area contributed by atoms with Crippen molar-refractivity contribution >= 4 is 10.2 Å². The largest absolute Gasteiger partial charge is 0.338 e. The second-order valence-electron chi connectivity index (χ2n) is 4.13. The molecule has 0 spiro atoms. The molecular weight excluding hydrogens is 244 g/mol. The fourth-order valence-corrected chi connectivity index (χ4v) is 3.20. The maximum Gasteiger partial charge on any atom is 0.280 e. The third-order valence-electron chi connectivity index (χ3n) is 2.64. The topological polar surface area (TPSA) is 88.3 Å². The van der Waals surface area contributed by atoms with Crippen molar-refractivity contribution in [2.75, 3.05) is 13.1 Å². The number of hydrogen-bond donors (Lipinski definition) is 1. The molecule has 8 heteroatoms. The Hall–Kier alpha value is -0.990. The molecule has 7 nitrogen and oxygen atoms in total. The van der Waals surface area contributed by atoms with E-state index in [4.69, 9.17) is 4.52 Å².